The molecule has 3 aromatic rings. The lowest BCUT2D eigenvalue weighted by Crippen LogP contribution is -2.35. The average Bonchev–Trinajstić information content (AvgIpc) is 2.96. The predicted molar refractivity (Wildman–Crippen MR) is 118 cm³/mol. The number of benzene rings is 3. The first-order valence-corrected chi connectivity index (χ1v) is 11.1. The van der Waals surface area contributed by atoms with E-state index in [4.69, 9.17) is 4.99 Å². The lowest BCUT2D eigenvalue weighted by Gasteiger charge is -2.26. The van der Waals surface area contributed by atoms with Gasteiger partial charge in [-0.15, -0.1) is 0 Å². The second kappa shape index (κ2) is 8.07. The average molecular weight is 417 g/mol. The topological polar surface area (TPSA) is 32.7 Å². The number of aliphatic imine (C=N–C) groups is 1. The Hall–Kier alpha value is -2.92. The van der Waals surface area contributed by atoms with Gasteiger partial charge in [-0.3, -0.25) is 4.79 Å². The van der Waals surface area contributed by atoms with Crippen molar-refractivity contribution in [3.63, 3.8) is 0 Å². The normalized spacial score (nSPS) is 15.6. The molecule has 0 aliphatic carbocycles. The third-order valence-electron chi connectivity index (χ3n) is 5.57. The number of likely N-dealkylation sites (tertiary alicyclic amines) is 1. The summed E-state index contributed by atoms with van der Waals surface area (Å²) < 4.78 is 14.7. The van der Waals surface area contributed by atoms with E-state index in [1.165, 1.54) is 12.5 Å². The Morgan fingerprint density at radius 2 is 1.60 bits per heavy atom. The minimum atomic E-state index is -0.306. The molecule has 0 aromatic heterocycles. The highest BCUT2D eigenvalue weighted by Crippen LogP contribution is 2.42. The van der Waals surface area contributed by atoms with Gasteiger partial charge in [0.25, 0.3) is 5.91 Å². The summed E-state index contributed by atoms with van der Waals surface area (Å²) in [6, 6.07) is 20.3. The number of hydrogen-bond acceptors (Lipinski definition) is 3. The molecule has 1 amide bonds. The predicted octanol–water partition coefficient (Wildman–Crippen LogP) is 6.09. The number of rotatable bonds is 2. The van der Waals surface area contributed by atoms with E-state index in [0.29, 0.717) is 22.5 Å². The third-order valence-corrected chi connectivity index (χ3v) is 6.71. The number of nitrogens with zero attached hydrogens (tertiary/aromatic N) is 2. The summed E-state index contributed by atoms with van der Waals surface area (Å²) >= 11 is 1.60. The monoisotopic (exact) mass is 416 g/mol. The van der Waals surface area contributed by atoms with Crippen LogP contribution in [0.5, 0.6) is 0 Å². The van der Waals surface area contributed by atoms with Crippen molar-refractivity contribution in [2.45, 2.75) is 29.1 Å². The fraction of sp³-hybridized carbons (Fsp3) is 0.200. The molecule has 0 saturated carbocycles. The Bertz CT molecular complexity index is 1150. The minimum absolute atomic E-state index is 0.0481. The van der Waals surface area contributed by atoms with Crippen molar-refractivity contribution >= 4 is 29.1 Å². The lowest BCUT2D eigenvalue weighted by atomic mass is 10.0. The van der Waals surface area contributed by atoms with E-state index < -0.39 is 0 Å². The van der Waals surface area contributed by atoms with Crippen molar-refractivity contribution in [2.75, 3.05) is 13.1 Å². The van der Waals surface area contributed by atoms with Crippen LogP contribution in [0, 0.1) is 5.82 Å². The van der Waals surface area contributed by atoms with Gasteiger partial charge in [-0.25, -0.2) is 9.38 Å². The summed E-state index contributed by atoms with van der Waals surface area (Å²) in [6.45, 7) is 1.61. The molecule has 5 rings (SSSR count). The Morgan fingerprint density at radius 1 is 0.867 bits per heavy atom. The Morgan fingerprint density at radius 3 is 2.40 bits per heavy atom. The highest BCUT2D eigenvalue weighted by molar-refractivity contribution is 7.99. The van der Waals surface area contributed by atoms with Crippen molar-refractivity contribution in [3.05, 3.63) is 89.2 Å². The molecule has 1 fully saturated rings. The number of hydrogen-bond donors (Lipinski definition) is 0. The molecule has 0 bridgehead atoms. The maximum absolute atomic E-state index is 14.7. The Kier molecular flexibility index (Phi) is 5.13. The summed E-state index contributed by atoms with van der Waals surface area (Å²) in [5, 5.41) is 0. The van der Waals surface area contributed by atoms with E-state index in [0.717, 1.165) is 41.3 Å². The minimum Gasteiger partial charge on any atom is -0.339 e. The summed E-state index contributed by atoms with van der Waals surface area (Å²) in [5.41, 5.74) is 3.30. The molecular weight excluding hydrogens is 395 g/mol. The zero-order chi connectivity index (χ0) is 20.5. The van der Waals surface area contributed by atoms with Crippen LogP contribution in [0.4, 0.5) is 10.1 Å². The van der Waals surface area contributed by atoms with Crippen molar-refractivity contribution < 1.29 is 9.18 Å². The van der Waals surface area contributed by atoms with E-state index in [1.807, 2.05) is 53.4 Å². The molecule has 0 unspecified atom stereocenters. The maximum atomic E-state index is 14.7. The number of carbonyl (C=O) groups excluding carboxylic acids is 1. The number of halogens is 1. The molecule has 0 N–H and O–H groups in total. The van der Waals surface area contributed by atoms with Crippen molar-refractivity contribution in [1.82, 2.24) is 4.90 Å². The molecule has 2 aliphatic rings. The first kappa shape index (κ1) is 19.1. The second-order valence-electron chi connectivity index (χ2n) is 7.57. The molecule has 5 heteroatoms. The molecular formula is C25H21FN2OS. The number of carbonyl (C=O) groups is 1. The molecule has 1 saturated heterocycles. The van der Waals surface area contributed by atoms with Crippen LogP contribution < -0.4 is 0 Å². The van der Waals surface area contributed by atoms with Crippen molar-refractivity contribution in [2.24, 2.45) is 4.99 Å². The van der Waals surface area contributed by atoms with Gasteiger partial charge in [-0.1, -0.05) is 42.1 Å². The van der Waals surface area contributed by atoms with Gasteiger partial charge in [0.1, 0.15) is 5.82 Å². The van der Waals surface area contributed by atoms with Gasteiger partial charge < -0.3 is 4.90 Å². The van der Waals surface area contributed by atoms with Gasteiger partial charge in [0, 0.05) is 39.6 Å². The van der Waals surface area contributed by atoms with Crippen LogP contribution in [0.15, 0.2) is 81.5 Å². The van der Waals surface area contributed by atoms with E-state index in [-0.39, 0.29) is 11.7 Å². The summed E-state index contributed by atoms with van der Waals surface area (Å²) in [4.78, 5) is 21.8. The highest BCUT2D eigenvalue weighted by atomic mass is 32.2. The zero-order valence-electron chi connectivity index (χ0n) is 16.5. The molecule has 3 aromatic carbocycles. The SMILES string of the molecule is O=C(c1ccc2c(c1)N=C(c1ccccc1F)c1ccccc1S2)N1CCCCC1. The molecule has 0 atom stereocenters. The van der Waals surface area contributed by atoms with Crippen LogP contribution in [0.2, 0.25) is 0 Å². The van der Waals surface area contributed by atoms with E-state index in [2.05, 4.69) is 0 Å². The van der Waals surface area contributed by atoms with Gasteiger partial charge in [0.15, 0.2) is 0 Å². The van der Waals surface area contributed by atoms with Crippen molar-refractivity contribution in [3.8, 4) is 0 Å². The van der Waals surface area contributed by atoms with Gasteiger partial charge in [-0.2, -0.15) is 0 Å². The Labute approximate surface area is 179 Å². The number of fused-ring (bicyclic) bond motifs is 2. The molecule has 0 spiro atoms. The standard InChI is InChI=1S/C25H21FN2OS/c26-20-10-4-2-8-18(20)24-19-9-3-5-11-22(19)30-23-13-12-17(16-21(23)27-24)25(29)28-14-6-1-7-15-28/h2-5,8-13,16H,1,6-7,14-15H2. The molecule has 30 heavy (non-hydrogen) atoms. The quantitative estimate of drug-likeness (QED) is 0.396. The highest BCUT2D eigenvalue weighted by Gasteiger charge is 2.23. The van der Waals surface area contributed by atoms with Crippen LogP contribution in [0.1, 0.15) is 40.7 Å². The van der Waals surface area contributed by atoms with Gasteiger partial charge >= 0.3 is 0 Å². The Balaban J connectivity index is 1.63. The van der Waals surface area contributed by atoms with E-state index in [1.54, 1.807) is 23.9 Å². The third kappa shape index (κ3) is 3.54. The van der Waals surface area contributed by atoms with Gasteiger partial charge in [0.05, 0.1) is 11.4 Å². The van der Waals surface area contributed by atoms with Crippen LogP contribution in [0.25, 0.3) is 0 Å². The fourth-order valence-electron chi connectivity index (χ4n) is 4.01. The lowest BCUT2D eigenvalue weighted by molar-refractivity contribution is 0.0724. The molecule has 2 heterocycles. The first-order chi connectivity index (χ1) is 14.7. The first-order valence-electron chi connectivity index (χ1n) is 10.2. The fourth-order valence-corrected chi connectivity index (χ4v) is 5.02. The molecule has 3 nitrogen and oxygen atoms in total. The summed E-state index contributed by atoms with van der Waals surface area (Å²) in [5.74, 6) is -0.257. The summed E-state index contributed by atoms with van der Waals surface area (Å²) in [7, 11) is 0. The zero-order valence-corrected chi connectivity index (χ0v) is 17.3. The molecule has 0 radical (unpaired) electrons. The van der Waals surface area contributed by atoms with E-state index >= 15 is 0 Å². The maximum Gasteiger partial charge on any atom is 0.253 e. The van der Waals surface area contributed by atoms with Crippen LogP contribution >= 0.6 is 11.8 Å². The molecule has 2 aliphatic heterocycles. The van der Waals surface area contributed by atoms with Crippen LogP contribution in [0.3, 0.4) is 0 Å². The van der Waals surface area contributed by atoms with E-state index in [9.17, 15) is 9.18 Å². The largest absolute Gasteiger partial charge is 0.339 e. The number of piperidine rings is 1. The van der Waals surface area contributed by atoms with Crippen LogP contribution in [-0.2, 0) is 0 Å². The molecule has 150 valence electrons. The summed E-state index contributed by atoms with van der Waals surface area (Å²) in [6.07, 6.45) is 3.29. The smallest absolute Gasteiger partial charge is 0.253 e. The second-order valence-corrected chi connectivity index (χ2v) is 8.66. The van der Waals surface area contributed by atoms with Gasteiger partial charge in [0.2, 0.25) is 0 Å². The van der Waals surface area contributed by atoms with Gasteiger partial charge in [-0.05, 0) is 55.7 Å². The van der Waals surface area contributed by atoms with Crippen LogP contribution in [-0.4, -0.2) is 29.6 Å². The van der Waals surface area contributed by atoms with Crippen molar-refractivity contribution in [1.29, 1.82) is 0 Å². The number of amides is 1.